The Balaban J connectivity index is 2.62. The molecule has 0 radical (unpaired) electrons. The zero-order chi connectivity index (χ0) is 10.8. The van der Waals surface area contributed by atoms with Crippen LogP contribution in [0.1, 0.15) is 40.5 Å². The summed E-state index contributed by atoms with van der Waals surface area (Å²) in [7, 11) is 0. The minimum atomic E-state index is 0.305. The Hall–Kier alpha value is -0.850. The predicted molar refractivity (Wildman–Crippen MR) is 60.1 cm³/mol. The van der Waals surface area contributed by atoms with Crippen molar-refractivity contribution in [3.8, 4) is 0 Å². The van der Waals surface area contributed by atoms with Crippen molar-refractivity contribution in [1.29, 1.82) is 0 Å². The van der Waals surface area contributed by atoms with E-state index >= 15 is 0 Å². The topological polar surface area (TPSA) is 17.1 Å². The van der Waals surface area contributed by atoms with Crippen molar-refractivity contribution in [3.05, 3.63) is 23.3 Å². The summed E-state index contributed by atoms with van der Waals surface area (Å²) in [6.07, 6.45) is 7.50. The number of aldehydes is 1. The third-order valence-electron chi connectivity index (χ3n) is 3.66. The number of carbonyl (C=O) groups excluding carboxylic acids is 1. The molecule has 0 aromatic carbocycles. The van der Waals surface area contributed by atoms with Gasteiger partial charge in [0, 0.05) is 0 Å². The Kier molecular flexibility index (Phi) is 3.30. The second-order valence-corrected chi connectivity index (χ2v) is 4.84. The standard InChI is InChI=1S/C13H20O/c1-10(9-14)5-7-12-8-6-11(2)13(12,3)4/h5-6,9,12H,7-8H2,1-4H3/t12-/m0/s1. The van der Waals surface area contributed by atoms with Gasteiger partial charge in [-0.15, -0.1) is 0 Å². The van der Waals surface area contributed by atoms with Gasteiger partial charge in [-0.2, -0.15) is 0 Å². The average molecular weight is 192 g/mol. The molecule has 0 fully saturated rings. The van der Waals surface area contributed by atoms with Crippen LogP contribution in [0.3, 0.4) is 0 Å². The summed E-state index contributed by atoms with van der Waals surface area (Å²) in [5, 5.41) is 0. The lowest BCUT2D eigenvalue weighted by atomic mass is 9.76. The molecule has 1 aliphatic rings. The molecule has 1 atom stereocenters. The molecule has 1 nitrogen and oxygen atoms in total. The van der Waals surface area contributed by atoms with E-state index in [0.29, 0.717) is 11.3 Å². The van der Waals surface area contributed by atoms with Crippen molar-refractivity contribution in [2.45, 2.75) is 40.5 Å². The highest BCUT2D eigenvalue weighted by Crippen LogP contribution is 2.44. The van der Waals surface area contributed by atoms with Crippen LogP contribution >= 0.6 is 0 Å². The second kappa shape index (κ2) is 4.12. The summed E-state index contributed by atoms with van der Waals surface area (Å²) in [6.45, 7) is 8.66. The lowest BCUT2D eigenvalue weighted by Crippen LogP contribution is -2.19. The molecule has 1 aliphatic carbocycles. The normalized spacial score (nSPS) is 26.1. The fraction of sp³-hybridized carbons (Fsp3) is 0.615. The number of rotatable bonds is 3. The van der Waals surface area contributed by atoms with Crippen LogP contribution in [0.15, 0.2) is 23.3 Å². The molecule has 0 saturated heterocycles. The van der Waals surface area contributed by atoms with Crippen LogP contribution in [0.2, 0.25) is 0 Å². The first-order valence-corrected chi connectivity index (χ1v) is 5.27. The first-order chi connectivity index (χ1) is 6.48. The van der Waals surface area contributed by atoms with Crippen molar-refractivity contribution < 1.29 is 4.79 Å². The molecule has 0 unspecified atom stereocenters. The van der Waals surface area contributed by atoms with E-state index in [2.05, 4.69) is 32.9 Å². The van der Waals surface area contributed by atoms with Gasteiger partial charge < -0.3 is 0 Å². The third-order valence-corrected chi connectivity index (χ3v) is 3.66. The molecule has 0 spiro atoms. The van der Waals surface area contributed by atoms with Crippen molar-refractivity contribution in [1.82, 2.24) is 0 Å². The maximum Gasteiger partial charge on any atom is 0.145 e. The van der Waals surface area contributed by atoms with E-state index in [1.54, 1.807) is 0 Å². The van der Waals surface area contributed by atoms with Gasteiger partial charge in [0.05, 0.1) is 0 Å². The fourth-order valence-corrected chi connectivity index (χ4v) is 1.97. The van der Waals surface area contributed by atoms with Crippen molar-refractivity contribution in [3.63, 3.8) is 0 Å². The van der Waals surface area contributed by atoms with Crippen LogP contribution in [0.5, 0.6) is 0 Å². The Labute approximate surface area is 86.9 Å². The molecule has 14 heavy (non-hydrogen) atoms. The van der Waals surface area contributed by atoms with E-state index in [4.69, 9.17) is 0 Å². The molecule has 0 saturated carbocycles. The van der Waals surface area contributed by atoms with Crippen molar-refractivity contribution >= 4 is 6.29 Å². The zero-order valence-electron chi connectivity index (χ0n) is 9.63. The molecule has 78 valence electrons. The van der Waals surface area contributed by atoms with Gasteiger partial charge in [0.2, 0.25) is 0 Å². The van der Waals surface area contributed by atoms with E-state index in [1.165, 1.54) is 5.57 Å². The largest absolute Gasteiger partial charge is 0.298 e. The highest BCUT2D eigenvalue weighted by atomic mass is 16.1. The maximum absolute atomic E-state index is 10.5. The summed E-state index contributed by atoms with van der Waals surface area (Å²) in [5.41, 5.74) is 2.64. The molecule has 1 heteroatoms. The van der Waals surface area contributed by atoms with Gasteiger partial charge in [0.25, 0.3) is 0 Å². The molecule has 0 bridgehead atoms. The van der Waals surface area contributed by atoms with Crippen LogP contribution in [0, 0.1) is 11.3 Å². The fourth-order valence-electron chi connectivity index (χ4n) is 1.97. The van der Waals surface area contributed by atoms with Gasteiger partial charge in [0.15, 0.2) is 0 Å². The van der Waals surface area contributed by atoms with Gasteiger partial charge in [0.1, 0.15) is 6.29 Å². The van der Waals surface area contributed by atoms with Gasteiger partial charge in [-0.1, -0.05) is 31.6 Å². The molecule has 0 aliphatic heterocycles. The van der Waals surface area contributed by atoms with Gasteiger partial charge in [-0.3, -0.25) is 4.79 Å². The van der Waals surface area contributed by atoms with Crippen LogP contribution < -0.4 is 0 Å². The monoisotopic (exact) mass is 192 g/mol. The summed E-state index contributed by atoms with van der Waals surface area (Å²) in [5.74, 6) is 0.664. The summed E-state index contributed by atoms with van der Waals surface area (Å²) in [4.78, 5) is 10.5. The molecule has 0 aromatic rings. The van der Waals surface area contributed by atoms with Gasteiger partial charge in [-0.25, -0.2) is 0 Å². The Morgan fingerprint density at radius 1 is 1.64 bits per heavy atom. The smallest absolute Gasteiger partial charge is 0.145 e. The van der Waals surface area contributed by atoms with E-state index in [1.807, 2.05) is 6.92 Å². The lowest BCUT2D eigenvalue weighted by molar-refractivity contribution is -0.104. The van der Waals surface area contributed by atoms with E-state index in [-0.39, 0.29) is 0 Å². The Morgan fingerprint density at radius 3 is 2.71 bits per heavy atom. The number of carbonyl (C=O) groups is 1. The number of allylic oxidation sites excluding steroid dienone is 4. The Morgan fingerprint density at radius 2 is 2.29 bits per heavy atom. The van der Waals surface area contributed by atoms with E-state index < -0.39 is 0 Å². The van der Waals surface area contributed by atoms with Crippen LogP contribution in [0.4, 0.5) is 0 Å². The molecule has 0 heterocycles. The molecule has 0 aromatic heterocycles. The minimum Gasteiger partial charge on any atom is -0.298 e. The number of hydrogen-bond acceptors (Lipinski definition) is 1. The molecule has 0 N–H and O–H groups in total. The zero-order valence-corrected chi connectivity index (χ0v) is 9.63. The lowest BCUT2D eigenvalue weighted by Gasteiger charge is -2.28. The number of hydrogen-bond donors (Lipinski definition) is 0. The minimum absolute atomic E-state index is 0.305. The predicted octanol–water partition coefficient (Wildman–Crippen LogP) is 3.51. The average Bonchev–Trinajstić information content (AvgIpc) is 2.39. The van der Waals surface area contributed by atoms with E-state index in [9.17, 15) is 4.79 Å². The first kappa shape index (κ1) is 11.2. The summed E-state index contributed by atoms with van der Waals surface area (Å²) >= 11 is 0. The molecule has 1 rings (SSSR count). The quantitative estimate of drug-likeness (QED) is 0.380. The SMILES string of the molecule is CC(C=O)=CC[C@H]1CC=C(C)C1(C)C. The maximum atomic E-state index is 10.5. The highest BCUT2D eigenvalue weighted by Gasteiger charge is 2.33. The summed E-state index contributed by atoms with van der Waals surface area (Å²) in [6, 6.07) is 0. The molecule has 0 amide bonds. The van der Waals surface area contributed by atoms with E-state index in [0.717, 1.165) is 24.7 Å². The highest BCUT2D eigenvalue weighted by molar-refractivity contribution is 5.71. The third kappa shape index (κ3) is 2.14. The summed E-state index contributed by atoms with van der Waals surface area (Å²) < 4.78 is 0. The van der Waals surface area contributed by atoms with Crippen LogP contribution in [-0.4, -0.2) is 6.29 Å². The Bertz CT molecular complexity index is 282. The van der Waals surface area contributed by atoms with Gasteiger partial charge >= 0.3 is 0 Å². The van der Waals surface area contributed by atoms with Crippen LogP contribution in [-0.2, 0) is 4.79 Å². The van der Waals surface area contributed by atoms with Crippen molar-refractivity contribution in [2.24, 2.45) is 11.3 Å². The molecular formula is C13H20O. The van der Waals surface area contributed by atoms with Crippen LogP contribution in [0.25, 0.3) is 0 Å². The van der Waals surface area contributed by atoms with Crippen molar-refractivity contribution in [2.75, 3.05) is 0 Å². The van der Waals surface area contributed by atoms with Gasteiger partial charge in [-0.05, 0) is 43.6 Å². The molecular weight excluding hydrogens is 172 g/mol. The first-order valence-electron chi connectivity index (χ1n) is 5.27. The second-order valence-electron chi connectivity index (χ2n) is 4.84.